The van der Waals surface area contributed by atoms with Crippen molar-refractivity contribution in [3.8, 4) is 0 Å². The van der Waals surface area contributed by atoms with Gasteiger partial charge in [-0.05, 0) is 76.5 Å². The van der Waals surface area contributed by atoms with Crippen LogP contribution in [0.1, 0.15) is 86.0 Å². The van der Waals surface area contributed by atoms with Crippen molar-refractivity contribution in [2.75, 3.05) is 0 Å². The van der Waals surface area contributed by atoms with Crippen LogP contribution in [0.2, 0.25) is 0 Å². The Bertz CT molecular complexity index is 779. The van der Waals surface area contributed by atoms with Crippen LogP contribution in [-0.2, 0) is 19.1 Å². The third kappa shape index (κ3) is 2.14. The molecule has 4 saturated carbocycles. The summed E-state index contributed by atoms with van der Waals surface area (Å²) in [6, 6.07) is 0. The lowest BCUT2D eigenvalue weighted by molar-refractivity contribution is -0.191. The van der Waals surface area contributed by atoms with Crippen LogP contribution < -0.4 is 0 Å². The van der Waals surface area contributed by atoms with E-state index in [0.29, 0.717) is 24.2 Å². The normalized spacial score (nSPS) is 57.7. The van der Waals surface area contributed by atoms with Crippen LogP contribution in [-0.4, -0.2) is 39.8 Å². The summed E-state index contributed by atoms with van der Waals surface area (Å²) in [7, 11) is 0. The quantitative estimate of drug-likeness (QED) is 0.560. The van der Waals surface area contributed by atoms with E-state index in [9.17, 15) is 14.7 Å². The first-order valence-electron chi connectivity index (χ1n) is 11.5. The number of Topliss-reactive ketones (excluding diaryl/α,β-unsaturated/α-hetero) is 1. The van der Waals surface area contributed by atoms with Crippen LogP contribution in [0.3, 0.4) is 0 Å². The Morgan fingerprint density at radius 2 is 1.55 bits per heavy atom. The van der Waals surface area contributed by atoms with Gasteiger partial charge in [0, 0.05) is 24.2 Å². The number of carbonyl (C=O) groups excluding carboxylic acids is 2. The highest BCUT2D eigenvalue weighted by Gasteiger charge is 2.82. The number of ether oxygens (including phenoxy) is 2. The number of esters is 1. The Labute approximate surface area is 173 Å². The minimum absolute atomic E-state index is 0.00203. The van der Waals surface area contributed by atoms with Gasteiger partial charge < -0.3 is 14.6 Å². The highest BCUT2D eigenvalue weighted by Crippen LogP contribution is 2.78. The second-order valence-corrected chi connectivity index (χ2v) is 11.5. The van der Waals surface area contributed by atoms with Gasteiger partial charge in [0.15, 0.2) is 11.4 Å². The number of fused-ring (bicyclic) bond motifs is 4. The number of hydrogen-bond acceptors (Lipinski definition) is 5. The summed E-state index contributed by atoms with van der Waals surface area (Å²) in [5.41, 5.74) is -1.56. The minimum atomic E-state index is -0.974. The van der Waals surface area contributed by atoms with Gasteiger partial charge in [0.05, 0.1) is 11.7 Å². The van der Waals surface area contributed by atoms with E-state index in [1.807, 2.05) is 0 Å². The molecule has 9 atom stereocenters. The summed E-state index contributed by atoms with van der Waals surface area (Å²) >= 11 is 0. The molecular formula is C24H36O5. The average molecular weight is 405 g/mol. The van der Waals surface area contributed by atoms with Gasteiger partial charge >= 0.3 is 5.97 Å². The molecule has 0 amide bonds. The SMILES string of the molecule is CC(=O)O[C@]1(C(C)=O)CC[C@@H]2[C@@H]3C[C@]4(C)O[C@]45C[C@H](O)CC[C@]5(C)[C@@H]3CC[C@@]21C. The van der Waals surface area contributed by atoms with E-state index in [1.165, 1.54) is 6.92 Å². The van der Waals surface area contributed by atoms with E-state index in [2.05, 4.69) is 20.8 Å². The van der Waals surface area contributed by atoms with E-state index in [4.69, 9.17) is 9.47 Å². The van der Waals surface area contributed by atoms with Gasteiger partial charge in [0.1, 0.15) is 5.60 Å². The zero-order valence-electron chi connectivity index (χ0n) is 18.5. The third-order valence-corrected chi connectivity index (χ3v) is 10.5. The summed E-state index contributed by atoms with van der Waals surface area (Å²) < 4.78 is 12.4. The zero-order valence-corrected chi connectivity index (χ0v) is 18.5. The second kappa shape index (κ2) is 5.64. The lowest BCUT2D eigenvalue weighted by Crippen LogP contribution is -2.63. The Balaban J connectivity index is 1.54. The highest BCUT2D eigenvalue weighted by molar-refractivity contribution is 5.89. The van der Waals surface area contributed by atoms with Crippen molar-refractivity contribution < 1.29 is 24.2 Å². The van der Waals surface area contributed by atoms with Crippen molar-refractivity contribution in [1.82, 2.24) is 0 Å². The number of rotatable bonds is 2. The topological polar surface area (TPSA) is 76.1 Å². The van der Waals surface area contributed by atoms with Gasteiger partial charge in [0.2, 0.25) is 0 Å². The molecule has 0 aromatic heterocycles. The molecule has 162 valence electrons. The van der Waals surface area contributed by atoms with Gasteiger partial charge in [-0.1, -0.05) is 13.8 Å². The maximum Gasteiger partial charge on any atom is 0.303 e. The van der Waals surface area contributed by atoms with Crippen molar-refractivity contribution in [2.24, 2.45) is 28.6 Å². The van der Waals surface area contributed by atoms with E-state index >= 15 is 0 Å². The largest absolute Gasteiger partial charge is 0.451 e. The van der Waals surface area contributed by atoms with Gasteiger partial charge in [-0.3, -0.25) is 9.59 Å². The van der Waals surface area contributed by atoms with Crippen LogP contribution in [0.25, 0.3) is 0 Å². The Kier molecular flexibility index (Phi) is 3.89. The molecule has 5 nitrogen and oxygen atoms in total. The molecule has 0 unspecified atom stereocenters. The summed E-state index contributed by atoms with van der Waals surface area (Å²) in [4.78, 5) is 24.8. The molecule has 5 heteroatoms. The first-order valence-corrected chi connectivity index (χ1v) is 11.5. The second-order valence-electron chi connectivity index (χ2n) is 11.5. The Morgan fingerprint density at radius 3 is 2.21 bits per heavy atom. The molecule has 0 aromatic carbocycles. The van der Waals surface area contributed by atoms with Crippen molar-refractivity contribution >= 4 is 11.8 Å². The van der Waals surface area contributed by atoms with Crippen molar-refractivity contribution in [1.29, 1.82) is 0 Å². The summed E-state index contributed by atoms with van der Waals surface area (Å²) in [6.45, 7) is 9.88. The zero-order chi connectivity index (χ0) is 21.0. The molecule has 5 fully saturated rings. The molecule has 0 bridgehead atoms. The summed E-state index contributed by atoms with van der Waals surface area (Å²) in [5, 5.41) is 10.4. The fraction of sp³-hybridized carbons (Fsp3) is 0.917. The fourth-order valence-electron chi connectivity index (χ4n) is 9.24. The fourth-order valence-corrected chi connectivity index (χ4v) is 9.24. The molecule has 0 radical (unpaired) electrons. The summed E-state index contributed by atoms with van der Waals surface area (Å²) in [5.74, 6) is 1.04. The Hall–Kier alpha value is -0.940. The highest BCUT2D eigenvalue weighted by atomic mass is 16.6. The number of aliphatic hydroxyl groups is 1. The van der Waals surface area contributed by atoms with Crippen LogP contribution in [0.15, 0.2) is 0 Å². The maximum absolute atomic E-state index is 12.9. The van der Waals surface area contributed by atoms with Crippen LogP contribution >= 0.6 is 0 Å². The smallest absolute Gasteiger partial charge is 0.303 e. The van der Waals surface area contributed by atoms with E-state index in [-0.39, 0.29) is 39.9 Å². The first kappa shape index (κ1) is 20.0. The lowest BCUT2D eigenvalue weighted by atomic mass is 9.42. The van der Waals surface area contributed by atoms with E-state index < -0.39 is 5.60 Å². The van der Waals surface area contributed by atoms with Crippen molar-refractivity contribution in [2.45, 2.75) is 109 Å². The molecule has 1 heterocycles. The number of aliphatic hydroxyl groups excluding tert-OH is 1. The molecule has 5 aliphatic rings. The van der Waals surface area contributed by atoms with E-state index in [1.54, 1.807) is 6.92 Å². The summed E-state index contributed by atoms with van der Waals surface area (Å²) in [6.07, 6.45) is 6.90. The minimum Gasteiger partial charge on any atom is -0.451 e. The monoisotopic (exact) mass is 404 g/mol. The first-order chi connectivity index (χ1) is 13.4. The van der Waals surface area contributed by atoms with Crippen LogP contribution in [0, 0.1) is 28.6 Å². The van der Waals surface area contributed by atoms with Crippen LogP contribution in [0.5, 0.6) is 0 Å². The predicted octanol–water partition coefficient (Wildman–Crippen LogP) is 3.80. The number of ketones is 1. The van der Waals surface area contributed by atoms with E-state index in [0.717, 1.165) is 44.9 Å². The molecule has 29 heavy (non-hydrogen) atoms. The van der Waals surface area contributed by atoms with Gasteiger partial charge in [-0.2, -0.15) is 0 Å². The number of hydrogen-bond donors (Lipinski definition) is 1. The maximum atomic E-state index is 12.9. The lowest BCUT2D eigenvalue weighted by Gasteiger charge is -2.61. The third-order valence-electron chi connectivity index (χ3n) is 10.5. The standard InChI is InChI=1S/C24H36O5/c1-14(25)23(28-15(2)26)11-8-18-17-13-22(5)24(29-22)12-16(27)6-9-21(24,4)19(17)7-10-20(18,23)3/h16-19,27H,6-13H2,1-5H3/t16-,17+,18-,19-,20+,21-,22+,23+,24+/m1/s1. The molecule has 1 spiro atoms. The molecule has 1 N–H and O–H groups in total. The number of carbonyl (C=O) groups is 2. The predicted molar refractivity (Wildman–Crippen MR) is 107 cm³/mol. The molecule has 4 aliphatic carbocycles. The Morgan fingerprint density at radius 1 is 0.931 bits per heavy atom. The molecule has 5 rings (SSSR count). The molecule has 1 saturated heterocycles. The van der Waals surface area contributed by atoms with Crippen molar-refractivity contribution in [3.05, 3.63) is 0 Å². The van der Waals surface area contributed by atoms with Crippen LogP contribution in [0.4, 0.5) is 0 Å². The van der Waals surface area contributed by atoms with Crippen molar-refractivity contribution in [3.63, 3.8) is 0 Å². The van der Waals surface area contributed by atoms with Gasteiger partial charge in [-0.25, -0.2) is 0 Å². The molecular weight excluding hydrogens is 368 g/mol. The molecule has 0 aromatic rings. The molecule has 1 aliphatic heterocycles. The van der Waals surface area contributed by atoms with Gasteiger partial charge in [-0.15, -0.1) is 0 Å². The average Bonchev–Trinajstić information content (AvgIpc) is 3.09. The number of epoxide rings is 1. The van der Waals surface area contributed by atoms with Gasteiger partial charge in [0.25, 0.3) is 0 Å².